The highest BCUT2D eigenvalue weighted by Crippen LogP contribution is 2.21. The molecule has 6 heteroatoms. The highest BCUT2D eigenvalue weighted by atomic mass is 16.3. The van der Waals surface area contributed by atoms with Crippen molar-refractivity contribution in [3.8, 4) is 0 Å². The van der Waals surface area contributed by atoms with Crippen LogP contribution in [0.5, 0.6) is 0 Å². The van der Waals surface area contributed by atoms with E-state index in [4.69, 9.17) is 5.11 Å². The zero-order chi connectivity index (χ0) is 12.9. The van der Waals surface area contributed by atoms with E-state index in [0.717, 1.165) is 0 Å². The molecule has 0 fully saturated rings. The van der Waals surface area contributed by atoms with Crippen LogP contribution in [0.2, 0.25) is 0 Å². The van der Waals surface area contributed by atoms with E-state index in [2.05, 4.69) is 15.4 Å². The van der Waals surface area contributed by atoms with E-state index in [1.165, 1.54) is 17.3 Å². The Bertz CT molecular complexity index is 343. The summed E-state index contributed by atoms with van der Waals surface area (Å²) in [4.78, 5) is 15.5. The van der Waals surface area contributed by atoms with Crippen LogP contribution < -0.4 is 5.32 Å². The fourth-order valence-corrected chi connectivity index (χ4v) is 1.55. The molecule has 0 aliphatic heterocycles. The van der Waals surface area contributed by atoms with Crippen molar-refractivity contribution in [3.05, 3.63) is 12.7 Å². The molecule has 96 valence electrons. The second kappa shape index (κ2) is 5.77. The normalized spacial score (nSPS) is 13.4. The van der Waals surface area contributed by atoms with Crippen molar-refractivity contribution in [2.24, 2.45) is 5.41 Å². The van der Waals surface area contributed by atoms with Gasteiger partial charge >= 0.3 is 0 Å². The summed E-state index contributed by atoms with van der Waals surface area (Å²) in [6.45, 7) is 6.30. The van der Waals surface area contributed by atoms with E-state index in [1.807, 2.05) is 20.8 Å². The van der Waals surface area contributed by atoms with E-state index in [9.17, 15) is 4.79 Å². The highest BCUT2D eigenvalue weighted by molar-refractivity contribution is 5.76. The Morgan fingerprint density at radius 1 is 1.53 bits per heavy atom. The van der Waals surface area contributed by atoms with Crippen LogP contribution in [0.4, 0.5) is 0 Å². The number of nitrogens with zero attached hydrogens (tertiary/aromatic N) is 3. The molecule has 1 heterocycles. The number of hydrogen-bond donors (Lipinski definition) is 2. The second-order valence-corrected chi connectivity index (χ2v) is 5.09. The molecule has 0 saturated heterocycles. The van der Waals surface area contributed by atoms with Gasteiger partial charge in [-0.2, -0.15) is 5.10 Å². The molecule has 6 nitrogen and oxygen atoms in total. The molecule has 2 N–H and O–H groups in total. The molecule has 0 radical (unpaired) electrons. The maximum Gasteiger partial charge on any atom is 0.242 e. The summed E-state index contributed by atoms with van der Waals surface area (Å²) in [5, 5.41) is 15.8. The molecule has 1 rings (SSSR count). The molecular formula is C11H20N4O2. The van der Waals surface area contributed by atoms with Crippen LogP contribution in [-0.2, 0) is 11.3 Å². The first-order valence-corrected chi connectivity index (χ1v) is 5.66. The number of amides is 1. The second-order valence-electron chi connectivity index (χ2n) is 5.09. The van der Waals surface area contributed by atoms with Gasteiger partial charge < -0.3 is 10.4 Å². The van der Waals surface area contributed by atoms with Crippen LogP contribution in [0, 0.1) is 5.41 Å². The summed E-state index contributed by atoms with van der Waals surface area (Å²) in [5.41, 5.74) is -0.0826. The van der Waals surface area contributed by atoms with E-state index in [-0.39, 0.29) is 30.5 Å². The lowest BCUT2D eigenvalue weighted by Gasteiger charge is -2.31. The zero-order valence-corrected chi connectivity index (χ0v) is 10.6. The fraction of sp³-hybridized carbons (Fsp3) is 0.727. The monoisotopic (exact) mass is 240 g/mol. The van der Waals surface area contributed by atoms with Crippen molar-refractivity contribution in [1.29, 1.82) is 0 Å². The van der Waals surface area contributed by atoms with Crippen molar-refractivity contribution < 1.29 is 9.90 Å². The van der Waals surface area contributed by atoms with Crippen molar-refractivity contribution >= 4 is 5.91 Å². The minimum atomic E-state index is -0.121. The molecule has 0 aliphatic carbocycles. The smallest absolute Gasteiger partial charge is 0.242 e. The number of aromatic nitrogens is 3. The van der Waals surface area contributed by atoms with Gasteiger partial charge in [-0.15, -0.1) is 0 Å². The summed E-state index contributed by atoms with van der Waals surface area (Å²) < 4.78 is 1.47. The average Bonchev–Trinajstić information content (AvgIpc) is 2.68. The molecular weight excluding hydrogens is 220 g/mol. The molecule has 1 aromatic heterocycles. The summed E-state index contributed by atoms with van der Waals surface area (Å²) in [7, 11) is 0. The van der Waals surface area contributed by atoms with Gasteiger partial charge in [0.05, 0.1) is 0 Å². The lowest BCUT2D eigenvalue weighted by atomic mass is 9.85. The topological polar surface area (TPSA) is 80.0 Å². The quantitative estimate of drug-likeness (QED) is 0.770. The Labute approximate surface area is 101 Å². The molecule has 1 aromatic rings. The third kappa shape index (κ3) is 4.52. The van der Waals surface area contributed by atoms with Crippen molar-refractivity contribution in [2.75, 3.05) is 6.61 Å². The molecule has 0 aliphatic rings. The Kier molecular flexibility index (Phi) is 4.62. The number of nitrogens with one attached hydrogen (secondary N) is 1. The Morgan fingerprint density at radius 3 is 2.71 bits per heavy atom. The number of carbonyl (C=O) groups excluding carboxylic acids is 1. The molecule has 0 spiro atoms. The summed E-state index contributed by atoms with van der Waals surface area (Å²) in [5.74, 6) is -0.121. The largest absolute Gasteiger partial charge is 0.396 e. The maximum atomic E-state index is 11.8. The van der Waals surface area contributed by atoms with Gasteiger partial charge in [0.25, 0.3) is 0 Å². The molecule has 1 atom stereocenters. The predicted molar refractivity (Wildman–Crippen MR) is 63.1 cm³/mol. The summed E-state index contributed by atoms with van der Waals surface area (Å²) in [6.07, 6.45) is 3.44. The van der Waals surface area contributed by atoms with Crippen LogP contribution in [0.3, 0.4) is 0 Å². The number of aliphatic hydroxyl groups excluding tert-OH is 1. The zero-order valence-electron chi connectivity index (χ0n) is 10.6. The van der Waals surface area contributed by atoms with Gasteiger partial charge in [0.2, 0.25) is 5.91 Å². The third-order valence-corrected chi connectivity index (χ3v) is 2.57. The summed E-state index contributed by atoms with van der Waals surface area (Å²) in [6, 6.07) is -0.0523. The van der Waals surface area contributed by atoms with Gasteiger partial charge in [-0.25, -0.2) is 9.67 Å². The molecule has 0 aromatic carbocycles. The van der Waals surface area contributed by atoms with Gasteiger partial charge in [-0.3, -0.25) is 4.79 Å². The molecule has 17 heavy (non-hydrogen) atoms. The minimum absolute atomic E-state index is 0.0523. The first-order chi connectivity index (χ1) is 7.93. The van der Waals surface area contributed by atoms with E-state index < -0.39 is 0 Å². The summed E-state index contributed by atoms with van der Waals surface area (Å²) >= 11 is 0. The van der Waals surface area contributed by atoms with E-state index in [0.29, 0.717) is 6.42 Å². The average molecular weight is 240 g/mol. The van der Waals surface area contributed by atoms with Crippen LogP contribution in [0.1, 0.15) is 27.2 Å². The predicted octanol–water partition coefficient (Wildman–Crippen LogP) is 0.191. The Hall–Kier alpha value is -1.43. The van der Waals surface area contributed by atoms with Gasteiger partial charge in [-0.05, 0) is 11.8 Å². The van der Waals surface area contributed by atoms with Crippen LogP contribution in [-0.4, -0.2) is 38.4 Å². The molecule has 1 unspecified atom stereocenters. The van der Waals surface area contributed by atoms with E-state index >= 15 is 0 Å². The van der Waals surface area contributed by atoms with Crippen molar-refractivity contribution in [3.63, 3.8) is 0 Å². The minimum Gasteiger partial charge on any atom is -0.396 e. The van der Waals surface area contributed by atoms with Gasteiger partial charge in [0.15, 0.2) is 0 Å². The van der Waals surface area contributed by atoms with E-state index in [1.54, 1.807) is 0 Å². The van der Waals surface area contributed by atoms with Gasteiger partial charge in [0, 0.05) is 12.6 Å². The van der Waals surface area contributed by atoms with Crippen LogP contribution in [0.15, 0.2) is 12.7 Å². The van der Waals surface area contributed by atoms with Crippen molar-refractivity contribution in [1.82, 2.24) is 20.1 Å². The first kappa shape index (κ1) is 13.6. The fourth-order valence-electron chi connectivity index (χ4n) is 1.55. The first-order valence-electron chi connectivity index (χ1n) is 5.66. The maximum absolute atomic E-state index is 11.8. The molecule has 0 saturated carbocycles. The van der Waals surface area contributed by atoms with Gasteiger partial charge in [-0.1, -0.05) is 20.8 Å². The highest BCUT2D eigenvalue weighted by Gasteiger charge is 2.25. The lowest BCUT2D eigenvalue weighted by molar-refractivity contribution is -0.123. The molecule has 0 bridgehead atoms. The van der Waals surface area contributed by atoms with Gasteiger partial charge in [0.1, 0.15) is 19.2 Å². The van der Waals surface area contributed by atoms with Crippen LogP contribution in [0.25, 0.3) is 0 Å². The Balaban J connectivity index is 2.52. The van der Waals surface area contributed by atoms with Crippen molar-refractivity contribution in [2.45, 2.75) is 39.8 Å². The third-order valence-electron chi connectivity index (χ3n) is 2.57. The van der Waals surface area contributed by atoms with Crippen LogP contribution >= 0.6 is 0 Å². The SMILES string of the molecule is CC(C)(C)C(CCO)NC(=O)Cn1cncn1. The number of carbonyl (C=O) groups is 1. The Morgan fingerprint density at radius 2 is 2.24 bits per heavy atom. The molecule has 1 amide bonds. The standard InChI is InChI=1S/C11H20N4O2/c1-11(2,3)9(4-5-16)14-10(17)6-15-8-12-7-13-15/h7-9,16H,4-6H2,1-3H3,(H,14,17). The number of aliphatic hydroxyl groups is 1. The lowest BCUT2D eigenvalue weighted by Crippen LogP contribution is -2.45. The number of rotatable bonds is 5. The number of hydrogen-bond acceptors (Lipinski definition) is 4.